The van der Waals surface area contributed by atoms with Crippen LogP contribution < -0.4 is 10.6 Å². The summed E-state index contributed by atoms with van der Waals surface area (Å²) in [6.45, 7) is 3.65. The van der Waals surface area contributed by atoms with Crippen LogP contribution in [-0.2, 0) is 4.79 Å². The summed E-state index contributed by atoms with van der Waals surface area (Å²) in [5, 5.41) is 7.22. The van der Waals surface area contributed by atoms with E-state index in [0.29, 0.717) is 10.6 Å². The van der Waals surface area contributed by atoms with Crippen molar-refractivity contribution in [2.75, 3.05) is 5.32 Å². The Labute approximate surface area is 142 Å². The number of hydrogen-bond acceptors (Lipinski definition) is 3. The molecule has 0 aliphatic rings. The van der Waals surface area contributed by atoms with Gasteiger partial charge in [0.05, 0.1) is 15.6 Å². The van der Waals surface area contributed by atoms with Crippen molar-refractivity contribution in [1.82, 2.24) is 5.32 Å². The first-order valence-corrected chi connectivity index (χ1v) is 8.24. The van der Waals surface area contributed by atoms with Crippen molar-refractivity contribution in [1.29, 1.82) is 0 Å². The second-order valence-corrected chi connectivity index (χ2v) is 6.64. The van der Waals surface area contributed by atoms with Crippen molar-refractivity contribution >= 4 is 40.4 Å². The maximum Gasteiger partial charge on any atom is 0.262 e. The maximum atomic E-state index is 13.0. The first kappa shape index (κ1) is 17.4. The SMILES string of the molecule is CC(C)C(NC(=O)c1cccs1)C(=O)Nc1ccc(F)cc1Cl. The molecule has 7 heteroatoms. The average Bonchev–Trinajstić information content (AvgIpc) is 3.01. The third-order valence-electron chi connectivity index (χ3n) is 3.17. The third kappa shape index (κ3) is 4.53. The van der Waals surface area contributed by atoms with Gasteiger partial charge in [-0.1, -0.05) is 31.5 Å². The first-order chi connectivity index (χ1) is 10.9. The van der Waals surface area contributed by atoms with Crippen LogP contribution in [0.2, 0.25) is 5.02 Å². The molecule has 2 N–H and O–H groups in total. The number of anilines is 1. The van der Waals surface area contributed by atoms with Crippen LogP contribution >= 0.6 is 22.9 Å². The normalized spacial score (nSPS) is 12.0. The van der Waals surface area contributed by atoms with Crippen molar-refractivity contribution in [2.45, 2.75) is 19.9 Å². The Kier molecular flexibility index (Phi) is 5.74. The van der Waals surface area contributed by atoms with Gasteiger partial charge in [-0.2, -0.15) is 0 Å². The van der Waals surface area contributed by atoms with Crippen LogP contribution in [0.15, 0.2) is 35.7 Å². The predicted molar refractivity (Wildman–Crippen MR) is 90.5 cm³/mol. The van der Waals surface area contributed by atoms with Gasteiger partial charge < -0.3 is 10.6 Å². The molecule has 1 aromatic carbocycles. The number of carbonyl (C=O) groups is 2. The Hall–Kier alpha value is -1.92. The topological polar surface area (TPSA) is 58.2 Å². The molecular formula is C16H16ClFN2O2S. The van der Waals surface area contributed by atoms with Gasteiger partial charge >= 0.3 is 0 Å². The highest BCUT2D eigenvalue weighted by Gasteiger charge is 2.25. The summed E-state index contributed by atoms with van der Waals surface area (Å²) in [6, 6.07) is 6.43. The van der Waals surface area contributed by atoms with Gasteiger partial charge in [0.2, 0.25) is 5.91 Å². The van der Waals surface area contributed by atoms with Crippen molar-refractivity contribution < 1.29 is 14.0 Å². The van der Waals surface area contributed by atoms with E-state index in [1.165, 1.54) is 23.5 Å². The van der Waals surface area contributed by atoms with Gasteiger partial charge in [0.1, 0.15) is 11.9 Å². The minimum Gasteiger partial charge on any atom is -0.339 e. The first-order valence-electron chi connectivity index (χ1n) is 6.98. The highest BCUT2D eigenvalue weighted by Crippen LogP contribution is 2.23. The van der Waals surface area contributed by atoms with Gasteiger partial charge in [-0.15, -0.1) is 11.3 Å². The van der Waals surface area contributed by atoms with E-state index in [1.54, 1.807) is 17.5 Å². The molecular weight excluding hydrogens is 339 g/mol. The zero-order chi connectivity index (χ0) is 17.0. The Morgan fingerprint density at radius 1 is 1.26 bits per heavy atom. The van der Waals surface area contributed by atoms with Crippen molar-refractivity contribution in [2.24, 2.45) is 5.92 Å². The zero-order valence-corrected chi connectivity index (χ0v) is 14.2. The molecule has 2 rings (SSSR count). The molecule has 2 aromatic rings. The number of thiophene rings is 1. The molecule has 23 heavy (non-hydrogen) atoms. The maximum absolute atomic E-state index is 13.0. The standard InChI is InChI=1S/C16H16ClFN2O2S/c1-9(2)14(20-15(21)13-4-3-7-23-13)16(22)19-12-6-5-10(18)8-11(12)17/h3-9,14H,1-2H3,(H,19,22)(H,20,21). The van der Waals surface area contributed by atoms with Crippen molar-refractivity contribution in [3.63, 3.8) is 0 Å². The lowest BCUT2D eigenvalue weighted by molar-refractivity contribution is -0.118. The molecule has 0 saturated carbocycles. The quantitative estimate of drug-likeness (QED) is 0.854. The highest BCUT2D eigenvalue weighted by atomic mass is 35.5. The lowest BCUT2D eigenvalue weighted by atomic mass is 10.0. The molecule has 0 aliphatic heterocycles. The molecule has 0 aliphatic carbocycles. The largest absolute Gasteiger partial charge is 0.339 e. The Morgan fingerprint density at radius 3 is 2.57 bits per heavy atom. The minimum atomic E-state index is -0.731. The molecule has 122 valence electrons. The van der Waals surface area contributed by atoms with Gasteiger partial charge in [-0.25, -0.2) is 4.39 Å². The van der Waals surface area contributed by atoms with E-state index in [1.807, 2.05) is 13.8 Å². The van der Waals surface area contributed by atoms with Crippen molar-refractivity contribution in [3.05, 3.63) is 51.4 Å². The second-order valence-electron chi connectivity index (χ2n) is 5.29. The Morgan fingerprint density at radius 2 is 2.00 bits per heavy atom. The van der Waals surface area contributed by atoms with Gasteiger partial charge in [0.25, 0.3) is 5.91 Å². The van der Waals surface area contributed by atoms with Crippen LogP contribution in [0.1, 0.15) is 23.5 Å². The van der Waals surface area contributed by atoms with Gasteiger partial charge in [0.15, 0.2) is 0 Å². The van der Waals surface area contributed by atoms with Crippen molar-refractivity contribution in [3.8, 4) is 0 Å². The number of rotatable bonds is 5. The molecule has 2 amide bonds. The van der Waals surface area contributed by atoms with E-state index >= 15 is 0 Å². The molecule has 1 unspecified atom stereocenters. The van der Waals surface area contributed by atoms with E-state index in [9.17, 15) is 14.0 Å². The average molecular weight is 355 g/mol. The summed E-state index contributed by atoms with van der Waals surface area (Å²) in [6.07, 6.45) is 0. The lowest BCUT2D eigenvalue weighted by Gasteiger charge is -2.21. The zero-order valence-electron chi connectivity index (χ0n) is 12.6. The smallest absolute Gasteiger partial charge is 0.262 e. The predicted octanol–water partition coefficient (Wildman–Crippen LogP) is 3.93. The fourth-order valence-electron chi connectivity index (χ4n) is 1.96. The minimum absolute atomic E-state index is 0.102. The molecule has 0 spiro atoms. The van der Waals surface area contributed by atoms with E-state index < -0.39 is 17.8 Å². The Balaban J connectivity index is 2.10. The van der Waals surface area contributed by atoms with Crippen LogP contribution in [-0.4, -0.2) is 17.9 Å². The summed E-state index contributed by atoms with van der Waals surface area (Å²) in [7, 11) is 0. The number of nitrogens with one attached hydrogen (secondary N) is 2. The number of halogens is 2. The lowest BCUT2D eigenvalue weighted by Crippen LogP contribution is -2.47. The highest BCUT2D eigenvalue weighted by molar-refractivity contribution is 7.12. The van der Waals surface area contributed by atoms with Crippen LogP contribution in [0.4, 0.5) is 10.1 Å². The third-order valence-corrected chi connectivity index (χ3v) is 4.35. The van der Waals surface area contributed by atoms with Gasteiger partial charge in [-0.05, 0) is 35.6 Å². The summed E-state index contributed by atoms with van der Waals surface area (Å²) in [5.41, 5.74) is 0.300. The molecule has 4 nitrogen and oxygen atoms in total. The van der Waals surface area contributed by atoms with Crippen LogP contribution in [0.3, 0.4) is 0 Å². The number of benzene rings is 1. The van der Waals surface area contributed by atoms with E-state index in [0.717, 1.165) is 6.07 Å². The fourth-order valence-corrected chi connectivity index (χ4v) is 2.80. The molecule has 1 atom stereocenters. The summed E-state index contributed by atoms with van der Waals surface area (Å²) < 4.78 is 13.0. The molecule has 0 radical (unpaired) electrons. The van der Waals surface area contributed by atoms with Crippen LogP contribution in [0.5, 0.6) is 0 Å². The molecule has 0 fully saturated rings. The molecule has 1 heterocycles. The summed E-state index contributed by atoms with van der Waals surface area (Å²) in [5.74, 6) is -1.32. The molecule has 0 saturated heterocycles. The van der Waals surface area contributed by atoms with E-state index in [4.69, 9.17) is 11.6 Å². The number of hydrogen-bond donors (Lipinski definition) is 2. The summed E-state index contributed by atoms with van der Waals surface area (Å²) >= 11 is 7.20. The van der Waals surface area contributed by atoms with E-state index in [-0.39, 0.29) is 16.8 Å². The van der Waals surface area contributed by atoms with Gasteiger partial charge in [-0.3, -0.25) is 9.59 Å². The monoisotopic (exact) mass is 354 g/mol. The Bertz CT molecular complexity index is 704. The molecule has 0 bridgehead atoms. The second kappa shape index (κ2) is 7.57. The number of amides is 2. The fraction of sp³-hybridized carbons (Fsp3) is 0.250. The number of carbonyl (C=O) groups excluding carboxylic acids is 2. The van der Waals surface area contributed by atoms with Crippen LogP contribution in [0, 0.1) is 11.7 Å². The molecule has 1 aromatic heterocycles. The van der Waals surface area contributed by atoms with E-state index in [2.05, 4.69) is 10.6 Å². The summed E-state index contributed by atoms with van der Waals surface area (Å²) in [4.78, 5) is 25.1. The van der Waals surface area contributed by atoms with Gasteiger partial charge in [0, 0.05) is 0 Å². The van der Waals surface area contributed by atoms with Crippen LogP contribution in [0.25, 0.3) is 0 Å².